The molecule has 0 bridgehead atoms. The van der Waals surface area contributed by atoms with Crippen molar-refractivity contribution in [3.05, 3.63) is 29.6 Å². The lowest BCUT2D eigenvalue weighted by Gasteiger charge is -2.18. The SMILES string of the molecule is CC(=O)NSC[C@@H]1CN(c2ccc(C3CC4C(C#N)C4C3)c(F)c2)C(=O)O1. The molecular weight excluding hydrogens is 369 g/mol. The molecule has 6 nitrogen and oxygen atoms in total. The smallest absolute Gasteiger partial charge is 0.414 e. The number of halogens is 1. The van der Waals surface area contributed by atoms with Gasteiger partial charge in [0, 0.05) is 6.92 Å². The zero-order valence-electron chi connectivity index (χ0n) is 14.9. The van der Waals surface area contributed by atoms with E-state index in [4.69, 9.17) is 10.00 Å². The summed E-state index contributed by atoms with van der Waals surface area (Å²) in [6.07, 6.45) is 0.872. The van der Waals surface area contributed by atoms with Crippen LogP contribution in [-0.4, -0.2) is 30.4 Å². The molecule has 2 saturated carbocycles. The van der Waals surface area contributed by atoms with Crippen LogP contribution in [0.25, 0.3) is 0 Å². The van der Waals surface area contributed by atoms with Crippen LogP contribution < -0.4 is 9.62 Å². The van der Waals surface area contributed by atoms with Gasteiger partial charge in [-0.3, -0.25) is 9.69 Å². The molecule has 1 N–H and O–H groups in total. The maximum absolute atomic E-state index is 14.7. The molecule has 27 heavy (non-hydrogen) atoms. The van der Waals surface area contributed by atoms with Crippen LogP contribution in [0.2, 0.25) is 0 Å². The summed E-state index contributed by atoms with van der Waals surface area (Å²) in [5.74, 6) is 1.14. The van der Waals surface area contributed by atoms with Crippen molar-refractivity contribution in [1.29, 1.82) is 5.26 Å². The molecule has 4 rings (SSSR count). The zero-order valence-corrected chi connectivity index (χ0v) is 15.7. The summed E-state index contributed by atoms with van der Waals surface area (Å²) in [4.78, 5) is 24.4. The summed E-state index contributed by atoms with van der Waals surface area (Å²) in [6, 6.07) is 7.24. The fraction of sp³-hybridized carbons (Fsp3) is 0.526. The van der Waals surface area contributed by atoms with Crippen molar-refractivity contribution >= 4 is 29.6 Å². The number of nitrogens with one attached hydrogen (secondary N) is 1. The third-order valence-electron chi connectivity index (χ3n) is 5.69. The quantitative estimate of drug-likeness (QED) is 0.782. The number of cyclic esters (lactones) is 1. The molecule has 0 aromatic heterocycles. The highest BCUT2D eigenvalue weighted by molar-refractivity contribution is 7.97. The lowest BCUT2D eigenvalue weighted by atomic mass is 9.92. The first-order chi connectivity index (χ1) is 13.0. The highest BCUT2D eigenvalue weighted by Crippen LogP contribution is 2.62. The van der Waals surface area contributed by atoms with Crippen LogP contribution in [0.1, 0.15) is 31.2 Å². The largest absolute Gasteiger partial charge is 0.443 e. The molecular formula is C19H20FN3O3S. The third-order valence-corrected chi connectivity index (χ3v) is 6.66. The molecule has 2 unspecified atom stereocenters. The average molecular weight is 389 g/mol. The number of nitrogens with zero attached hydrogens (tertiary/aromatic N) is 2. The monoisotopic (exact) mass is 389 g/mol. The van der Waals surface area contributed by atoms with E-state index in [1.54, 1.807) is 12.1 Å². The molecule has 2 amide bonds. The number of ether oxygens (including phenoxy) is 1. The first-order valence-electron chi connectivity index (χ1n) is 9.03. The predicted octanol–water partition coefficient (Wildman–Crippen LogP) is 3.20. The molecule has 0 spiro atoms. The Bertz CT molecular complexity index is 815. The fourth-order valence-corrected chi connectivity index (χ4v) is 5.00. The van der Waals surface area contributed by atoms with Gasteiger partial charge in [-0.15, -0.1) is 0 Å². The number of anilines is 1. The maximum atomic E-state index is 14.7. The van der Waals surface area contributed by atoms with Crippen LogP contribution in [-0.2, 0) is 9.53 Å². The van der Waals surface area contributed by atoms with Crippen molar-refractivity contribution in [3.8, 4) is 6.07 Å². The van der Waals surface area contributed by atoms with Crippen molar-refractivity contribution in [2.45, 2.75) is 31.8 Å². The second-order valence-electron chi connectivity index (χ2n) is 7.44. The van der Waals surface area contributed by atoms with Gasteiger partial charge in [-0.1, -0.05) is 6.07 Å². The number of hydrogen-bond donors (Lipinski definition) is 1. The highest BCUT2D eigenvalue weighted by Gasteiger charge is 2.56. The molecule has 1 saturated heterocycles. The molecule has 1 heterocycles. The van der Waals surface area contributed by atoms with Gasteiger partial charge in [0.05, 0.1) is 30.0 Å². The summed E-state index contributed by atoms with van der Waals surface area (Å²) >= 11 is 1.19. The lowest BCUT2D eigenvalue weighted by Crippen LogP contribution is -2.26. The van der Waals surface area contributed by atoms with Crippen molar-refractivity contribution in [3.63, 3.8) is 0 Å². The number of hydrogen-bond acceptors (Lipinski definition) is 5. The van der Waals surface area contributed by atoms with E-state index >= 15 is 0 Å². The van der Waals surface area contributed by atoms with E-state index in [-0.39, 0.29) is 29.7 Å². The maximum Gasteiger partial charge on any atom is 0.414 e. The van der Waals surface area contributed by atoms with Gasteiger partial charge in [0.1, 0.15) is 11.9 Å². The van der Waals surface area contributed by atoms with Gasteiger partial charge in [0.15, 0.2) is 0 Å². The first-order valence-corrected chi connectivity index (χ1v) is 10.0. The number of fused-ring (bicyclic) bond motifs is 1. The Morgan fingerprint density at radius 1 is 1.44 bits per heavy atom. The molecule has 1 aromatic rings. The minimum absolute atomic E-state index is 0.158. The van der Waals surface area contributed by atoms with Gasteiger partial charge in [0.2, 0.25) is 5.91 Å². The summed E-state index contributed by atoms with van der Waals surface area (Å²) in [7, 11) is 0. The van der Waals surface area contributed by atoms with E-state index in [1.165, 1.54) is 29.8 Å². The number of rotatable bonds is 5. The molecule has 0 radical (unpaired) electrons. The molecule has 3 atom stereocenters. The Morgan fingerprint density at radius 3 is 2.81 bits per heavy atom. The van der Waals surface area contributed by atoms with Crippen molar-refractivity contribution in [2.24, 2.45) is 17.8 Å². The van der Waals surface area contributed by atoms with E-state index in [9.17, 15) is 14.0 Å². The fourth-order valence-electron chi connectivity index (χ4n) is 4.36. The van der Waals surface area contributed by atoms with Crippen LogP contribution >= 0.6 is 11.9 Å². The molecule has 1 aromatic carbocycles. The Kier molecular flexibility index (Phi) is 4.72. The normalized spacial score (nSPS) is 31.2. The lowest BCUT2D eigenvalue weighted by molar-refractivity contribution is -0.117. The van der Waals surface area contributed by atoms with E-state index in [1.807, 2.05) is 0 Å². The number of amides is 2. The van der Waals surface area contributed by atoms with Crippen molar-refractivity contribution in [1.82, 2.24) is 4.72 Å². The standard InChI is InChI=1S/C19H20FN3O3S/c1-10(24)22-27-9-13-8-23(19(25)26-13)12-2-3-14(18(20)6-12)11-4-15-16(5-11)17(15)7-21/h2-3,6,11,13,15-17H,4-5,8-9H2,1H3,(H,22,24)/t11?,13-,15?,16?,17?/m0/s1. The van der Waals surface area contributed by atoms with Crippen LogP contribution in [0.15, 0.2) is 18.2 Å². The van der Waals surface area contributed by atoms with Gasteiger partial charge < -0.3 is 9.46 Å². The van der Waals surface area contributed by atoms with E-state index in [2.05, 4.69) is 10.8 Å². The summed E-state index contributed by atoms with van der Waals surface area (Å²) < 4.78 is 22.6. The van der Waals surface area contributed by atoms with Crippen LogP contribution in [0.5, 0.6) is 0 Å². The van der Waals surface area contributed by atoms with Gasteiger partial charge in [-0.05, 0) is 60.2 Å². The summed E-state index contributed by atoms with van der Waals surface area (Å²) in [6.45, 7) is 1.74. The predicted molar refractivity (Wildman–Crippen MR) is 98.3 cm³/mol. The Morgan fingerprint density at radius 2 is 2.19 bits per heavy atom. The highest BCUT2D eigenvalue weighted by atomic mass is 32.2. The van der Waals surface area contributed by atoms with Gasteiger partial charge >= 0.3 is 6.09 Å². The first kappa shape index (κ1) is 18.1. The van der Waals surface area contributed by atoms with Crippen LogP contribution in [0.4, 0.5) is 14.9 Å². The number of benzene rings is 1. The van der Waals surface area contributed by atoms with E-state index < -0.39 is 6.09 Å². The van der Waals surface area contributed by atoms with Gasteiger partial charge in [-0.2, -0.15) is 5.26 Å². The molecule has 3 fully saturated rings. The average Bonchev–Trinajstić information content (AvgIpc) is 2.92. The van der Waals surface area contributed by atoms with Crippen LogP contribution in [0, 0.1) is 34.9 Å². The minimum Gasteiger partial charge on any atom is -0.443 e. The number of carbonyl (C=O) groups is 2. The summed E-state index contributed by atoms with van der Waals surface area (Å²) in [5, 5.41) is 9.01. The molecule has 3 aliphatic rings. The molecule has 2 aliphatic carbocycles. The van der Waals surface area contributed by atoms with Crippen LogP contribution in [0.3, 0.4) is 0 Å². The Balaban J connectivity index is 1.39. The van der Waals surface area contributed by atoms with E-state index in [0.717, 1.165) is 12.8 Å². The zero-order chi connectivity index (χ0) is 19.1. The number of carbonyl (C=O) groups excluding carboxylic acids is 2. The van der Waals surface area contributed by atoms with Gasteiger partial charge in [0.25, 0.3) is 0 Å². The Labute approximate surface area is 161 Å². The molecule has 142 valence electrons. The molecule has 1 aliphatic heterocycles. The summed E-state index contributed by atoms with van der Waals surface area (Å²) in [5.41, 5.74) is 1.15. The third kappa shape index (κ3) is 3.48. The molecule has 8 heteroatoms. The minimum atomic E-state index is -0.505. The van der Waals surface area contributed by atoms with Crippen molar-refractivity contribution < 1.29 is 18.7 Å². The second-order valence-corrected chi connectivity index (χ2v) is 8.27. The van der Waals surface area contributed by atoms with E-state index in [0.29, 0.717) is 35.4 Å². The number of nitriles is 1. The topological polar surface area (TPSA) is 82.4 Å². The van der Waals surface area contributed by atoms with Gasteiger partial charge in [-0.25, -0.2) is 9.18 Å². The Hall–Kier alpha value is -2.27. The van der Waals surface area contributed by atoms with Crippen molar-refractivity contribution in [2.75, 3.05) is 17.2 Å². The second kappa shape index (κ2) is 7.04.